The lowest BCUT2D eigenvalue weighted by Gasteiger charge is -2.23. The van der Waals surface area contributed by atoms with E-state index in [9.17, 15) is 4.79 Å². The number of amides is 1. The van der Waals surface area contributed by atoms with Gasteiger partial charge in [0.05, 0.1) is 5.69 Å². The summed E-state index contributed by atoms with van der Waals surface area (Å²) in [6.07, 6.45) is 2.98. The molecule has 0 aliphatic carbocycles. The van der Waals surface area contributed by atoms with Gasteiger partial charge in [-0.25, -0.2) is 4.98 Å². The number of hydrogen-bond acceptors (Lipinski definition) is 5. The summed E-state index contributed by atoms with van der Waals surface area (Å²) in [5.41, 5.74) is 1.82. The van der Waals surface area contributed by atoms with E-state index in [1.807, 2.05) is 30.5 Å². The van der Waals surface area contributed by atoms with Crippen molar-refractivity contribution in [3.8, 4) is 0 Å². The highest BCUT2D eigenvalue weighted by atomic mass is 35.5. The normalized spacial score (nSPS) is 14.0. The Kier molecular flexibility index (Phi) is 6.47. The van der Waals surface area contributed by atoms with E-state index in [4.69, 9.17) is 0 Å². The molecule has 3 rings (SSSR count). The number of carbonyl (C=O) groups excluding carboxylic acids is 1. The van der Waals surface area contributed by atoms with Gasteiger partial charge in [0.25, 0.3) is 5.91 Å². The predicted molar refractivity (Wildman–Crippen MR) is 100 cm³/mol. The van der Waals surface area contributed by atoms with Crippen LogP contribution in [0.25, 0.3) is 0 Å². The van der Waals surface area contributed by atoms with Crippen LogP contribution in [-0.2, 0) is 13.0 Å². The maximum atomic E-state index is 12.4. The summed E-state index contributed by atoms with van der Waals surface area (Å²) in [5.74, 6) is -0.0886. The zero-order valence-electron chi connectivity index (χ0n) is 13.2. The molecular formula is C16H20ClN3OS2. The van der Waals surface area contributed by atoms with Gasteiger partial charge in [-0.2, -0.15) is 0 Å². The van der Waals surface area contributed by atoms with Crippen molar-refractivity contribution in [1.82, 2.24) is 9.88 Å². The van der Waals surface area contributed by atoms with Crippen molar-refractivity contribution in [2.24, 2.45) is 0 Å². The maximum absolute atomic E-state index is 12.4. The van der Waals surface area contributed by atoms with Crippen LogP contribution < -0.4 is 5.32 Å². The van der Waals surface area contributed by atoms with Gasteiger partial charge in [0.15, 0.2) is 5.13 Å². The zero-order valence-corrected chi connectivity index (χ0v) is 15.6. The van der Waals surface area contributed by atoms with Crippen molar-refractivity contribution in [1.29, 1.82) is 0 Å². The molecule has 7 heteroatoms. The number of nitrogens with one attached hydrogen (secondary N) is 1. The van der Waals surface area contributed by atoms with Gasteiger partial charge in [-0.3, -0.25) is 15.0 Å². The fourth-order valence-electron chi connectivity index (χ4n) is 2.51. The highest BCUT2D eigenvalue weighted by molar-refractivity contribution is 7.98. The Labute approximate surface area is 151 Å². The fourth-order valence-corrected chi connectivity index (χ4v) is 4.01. The third-order valence-corrected chi connectivity index (χ3v) is 5.53. The Bertz CT molecular complexity index is 690. The van der Waals surface area contributed by atoms with Gasteiger partial charge >= 0.3 is 0 Å². The van der Waals surface area contributed by atoms with Crippen LogP contribution in [0.15, 0.2) is 29.2 Å². The monoisotopic (exact) mass is 369 g/mol. The second kappa shape index (κ2) is 8.15. The molecule has 1 amide bonds. The van der Waals surface area contributed by atoms with Crippen LogP contribution in [-0.4, -0.2) is 35.1 Å². The summed E-state index contributed by atoms with van der Waals surface area (Å²) >= 11 is 3.23. The number of carbonyl (C=O) groups is 1. The summed E-state index contributed by atoms with van der Waals surface area (Å²) < 4.78 is 0. The van der Waals surface area contributed by atoms with Gasteiger partial charge in [0.2, 0.25) is 0 Å². The van der Waals surface area contributed by atoms with Crippen molar-refractivity contribution in [2.45, 2.75) is 24.8 Å². The van der Waals surface area contributed by atoms with Crippen molar-refractivity contribution in [2.75, 3.05) is 24.7 Å². The summed E-state index contributed by atoms with van der Waals surface area (Å²) in [4.78, 5) is 21.7. The average molecular weight is 370 g/mol. The first-order chi connectivity index (χ1) is 10.7. The number of fused-ring (bicyclic) bond motifs is 1. The largest absolute Gasteiger partial charge is 0.298 e. The minimum absolute atomic E-state index is 0. The maximum Gasteiger partial charge on any atom is 0.257 e. The molecule has 23 heavy (non-hydrogen) atoms. The Morgan fingerprint density at radius 3 is 3.04 bits per heavy atom. The molecular weight excluding hydrogens is 350 g/mol. The number of thiazole rings is 1. The molecule has 2 aromatic rings. The highest BCUT2D eigenvalue weighted by Gasteiger charge is 2.20. The van der Waals surface area contributed by atoms with Crippen LogP contribution in [0, 0.1) is 0 Å². The molecule has 0 radical (unpaired) electrons. The molecule has 124 valence electrons. The van der Waals surface area contributed by atoms with Crippen LogP contribution in [0.1, 0.15) is 27.9 Å². The van der Waals surface area contributed by atoms with Crippen LogP contribution in [0.2, 0.25) is 0 Å². The lowest BCUT2D eigenvalue weighted by atomic mass is 10.2. The number of hydrogen-bond donors (Lipinski definition) is 1. The molecule has 4 nitrogen and oxygen atoms in total. The number of aromatic nitrogens is 1. The molecule has 1 aliphatic heterocycles. The van der Waals surface area contributed by atoms with E-state index in [0.717, 1.165) is 36.6 Å². The highest BCUT2D eigenvalue weighted by Crippen LogP contribution is 2.28. The van der Waals surface area contributed by atoms with E-state index >= 15 is 0 Å². The number of likely N-dealkylation sites (N-methyl/N-ethyl adjacent to an activating group) is 1. The summed E-state index contributed by atoms with van der Waals surface area (Å²) in [6.45, 7) is 5.23. The standard InChI is InChI=1S/C16H19N3OS2.ClH/c1-3-19-8-7-13-14(10-19)22-16(17-13)18-15(20)11-5-4-6-12(9-11)21-2;/h4-6,9H,3,7-8,10H2,1-2H3,(H,17,18,20);1H. The number of thioether (sulfide) groups is 1. The third kappa shape index (κ3) is 4.26. The summed E-state index contributed by atoms with van der Waals surface area (Å²) in [6, 6.07) is 7.66. The molecule has 0 saturated carbocycles. The van der Waals surface area contributed by atoms with Crippen LogP contribution >= 0.6 is 35.5 Å². The summed E-state index contributed by atoms with van der Waals surface area (Å²) in [7, 11) is 0. The van der Waals surface area contributed by atoms with E-state index in [1.54, 1.807) is 23.1 Å². The Balaban J connectivity index is 0.00000192. The molecule has 0 saturated heterocycles. The number of nitrogens with zero attached hydrogens (tertiary/aromatic N) is 2. The van der Waals surface area contributed by atoms with E-state index in [-0.39, 0.29) is 18.3 Å². The van der Waals surface area contributed by atoms with Crippen LogP contribution in [0.4, 0.5) is 5.13 Å². The van der Waals surface area contributed by atoms with Gasteiger partial charge < -0.3 is 0 Å². The molecule has 1 N–H and O–H groups in total. The van der Waals surface area contributed by atoms with Gasteiger partial charge in [-0.1, -0.05) is 13.0 Å². The van der Waals surface area contributed by atoms with E-state index in [0.29, 0.717) is 10.7 Å². The lowest BCUT2D eigenvalue weighted by Crippen LogP contribution is -2.29. The first-order valence-electron chi connectivity index (χ1n) is 7.36. The molecule has 2 heterocycles. The van der Waals surface area contributed by atoms with Crippen LogP contribution in [0.3, 0.4) is 0 Å². The molecule has 1 aliphatic rings. The van der Waals surface area contributed by atoms with Crippen molar-refractivity contribution in [3.05, 3.63) is 40.4 Å². The number of benzene rings is 1. The van der Waals surface area contributed by atoms with E-state index in [1.165, 1.54) is 4.88 Å². The van der Waals surface area contributed by atoms with Gasteiger partial charge in [0.1, 0.15) is 0 Å². The molecule has 0 unspecified atom stereocenters. The second-order valence-electron chi connectivity index (χ2n) is 5.19. The van der Waals surface area contributed by atoms with E-state index < -0.39 is 0 Å². The minimum atomic E-state index is -0.0886. The zero-order chi connectivity index (χ0) is 15.5. The fraction of sp³-hybridized carbons (Fsp3) is 0.375. The lowest BCUT2D eigenvalue weighted by molar-refractivity contribution is 0.102. The van der Waals surface area contributed by atoms with Gasteiger partial charge in [0, 0.05) is 34.8 Å². The SMILES string of the molecule is CCN1CCc2nc(NC(=O)c3cccc(SC)c3)sc2C1.Cl. The molecule has 0 atom stereocenters. The predicted octanol–water partition coefficient (Wildman–Crippen LogP) is 3.92. The van der Waals surface area contributed by atoms with Crippen molar-refractivity contribution in [3.63, 3.8) is 0 Å². The first kappa shape index (κ1) is 18.3. The smallest absolute Gasteiger partial charge is 0.257 e. The number of halogens is 1. The average Bonchev–Trinajstić information content (AvgIpc) is 2.95. The Hall–Kier alpha value is -1.08. The van der Waals surface area contributed by atoms with Crippen molar-refractivity contribution < 1.29 is 4.79 Å². The Morgan fingerprint density at radius 2 is 2.30 bits per heavy atom. The third-order valence-electron chi connectivity index (χ3n) is 3.81. The first-order valence-corrected chi connectivity index (χ1v) is 9.40. The molecule has 1 aromatic heterocycles. The molecule has 0 spiro atoms. The Morgan fingerprint density at radius 1 is 1.48 bits per heavy atom. The van der Waals surface area contributed by atoms with E-state index in [2.05, 4.69) is 22.1 Å². The second-order valence-corrected chi connectivity index (χ2v) is 7.16. The topological polar surface area (TPSA) is 45.2 Å². The molecule has 1 aromatic carbocycles. The molecule has 0 fully saturated rings. The number of rotatable bonds is 4. The van der Waals surface area contributed by atoms with Gasteiger partial charge in [-0.15, -0.1) is 35.5 Å². The van der Waals surface area contributed by atoms with Gasteiger partial charge in [-0.05, 0) is 31.0 Å². The van der Waals surface area contributed by atoms with Crippen LogP contribution in [0.5, 0.6) is 0 Å². The minimum Gasteiger partial charge on any atom is -0.298 e. The molecule has 0 bridgehead atoms. The quantitative estimate of drug-likeness (QED) is 0.830. The summed E-state index contributed by atoms with van der Waals surface area (Å²) in [5, 5.41) is 3.65. The number of anilines is 1. The van der Waals surface area contributed by atoms with Crippen molar-refractivity contribution >= 4 is 46.5 Å².